The molecule has 0 aliphatic heterocycles. The largest absolute Gasteiger partial charge is 0.456 e. The molecule has 0 atom stereocenters. The van der Waals surface area contributed by atoms with Gasteiger partial charge in [-0.1, -0.05) is 44.2 Å². The number of aryl methyl sites for hydroxylation is 2. The monoisotopic (exact) mass is 353 g/mol. The van der Waals surface area contributed by atoms with Crippen molar-refractivity contribution in [2.24, 2.45) is 0 Å². The van der Waals surface area contributed by atoms with E-state index in [0.29, 0.717) is 11.1 Å². The highest BCUT2D eigenvalue weighted by atomic mass is 16.5. The summed E-state index contributed by atoms with van der Waals surface area (Å²) in [6.07, 6.45) is 1.56. The number of amides is 1. The molecule has 0 bridgehead atoms. The predicted molar refractivity (Wildman–Crippen MR) is 99.3 cm³/mol. The Morgan fingerprint density at radius 3 is 2.35 bits per heavy atom. The smallest absolute Gasteiger partial charge is 0.325 e. The Kier molecular flexibility index (Phi) is 7.09. The predicted octanol–water partition coefficient (Wildman–Crippen LogP) is 2.97. The van der Waals surface area contributed by atoms with Crippen molar-refractivity contribution in [3.8, 4) is 0 Å². The maximum absolute atomic E-state index is 12.4. The number of rotatable bonds is 8. The summed E-state index contributed by atoms with van der Waals surface area (Å²) in [7, 11) is 0. The zero-order valence-corrected chi connectivity index (χ0v) is 15.1. The second kappa shape index (κ2) is 9.51. The highest BCUT2D eigenvalue weighted by molar-refractivity contribution is 6.00. The maximum atomic E-state index is 12.4. The van der Waals surface area contributed by atoms with Crippen LogP contribution in [-0.2, 0) is 22.4 Å². The molecular formula is C21H23NO4. The summed E-state index contributed by atoms with van der Waals surface area (Å²) in [5.41, 5.74) is 3.04. The van der Waals surface area contributed by atoms with Gasteiger partial charge in [0.05, 0.1) is 0 Å². The topological polar surface area (TPSA) is 72.5 Å². The number of benzene rings is 2. The SMILES string of the molecule is CCc1ccc(CC)c(C(=O)COC(=O)CNC(=O)c2ccccc2)c1. The lowest BCUT2D eigenvalue weighted by Gasteiger charge is -2.10. The Hall–Kier alpha value is -2.95. The zero-order chi connectivity index (χ0) is 18.9. The first-order valence-corrected chi connectivity index (χ1v) is 8.69. The number of hydrogen-bond acceptors (Lipinski definition) is 4. The number of carbonyl (C=O) groups is 3. The Bertz CT molecular complexity index is 784. The van der Waals surface area contributed by atoms with Crippen molar-refractivity contribution in [2.75, 3.05) is 13.2 Å². The number of hydrogen-bond donors (Lipinski definition) is 1. The fraction of sp³-hybridized carbons (Fsp3) is 0.286. The molecule has 0 unspecified atom stereocenters. The van der Waals surface area contributed by atoms with Crippen molar-refractivity contribution >= 4 is 17.7 Å². The standard InChI is InChI=1S/C21H23NO4/c1-3-15-10-11-16(4-2)18(12-15)19(23)14-26-20(24)13-22-21(25)17-8-6-5-7-9-17/h5-12H,3-4,13-14H2,1-2H3,(H,22,25). The van der Waals surface area contributed by atoms with E-state index in [1.54, 1.807) is 30.3 Å². The molecule has 0 fully saturated rings. The minimum absolute atomic E-state index is 0.236. The van der Waals surface area contributed by atoms with Crippen LogP contribution < -0.4 is 5.32 Å². The normalized spacial score (nSPS) is 10.2. The lowest BCUT2D eigenvalue weighted by atomic mass is 9.98. The van der Waals surface area contributed by atoms with Crippen molar-refractivity contribution in [2.45, 2.75) is 26.7 Å². The minimum atomic E-state index is -0.646. The Labute approximate surface area is 153 Å². The average molecular weight is 353 g/mol. The first-order valence-electron chi connectivity index (χ1n) is 8.69. The molecule has 5 heteroatoms. The molecule has 1 amide bonds. The van der Waals surface area contributed by atoms with Crippen LogP contribution in [0.25, 0.3) is 0 Å². The number of carbonyl (C=O) groups excluding carboxylic acids is 3. The maximum Gasteiger partial charge on any atom is 0.325 e. The summed E-state index contributed by atoms with van der Waals surface area (Å²) < 4.78 is 5.01. The number of Topliss-reactive ketones (excluding diaryl/α,β-unsaturated/α-hetero) is 1. The Balaban J connectivity index is 1.87. The van der Waals surface area contributed by atoms with Crippen LogP contribution >= 0.6 is 0 Å². The molecule has 0 spiro atoms. The van der Waals surface area contributed by atoms with Gasteiger partial charge in [-0.2, -0.15) is 0 Å². The Morgan fingerprint density at radius 2 is 1.69 bits per heavy atom. The lowest BCUT2D eigenvalue weighted by Crippen LogP contribution is -2.31. The molecular weight excluding hydrogens is 330 g/mol. The lowest BCUT2D eigenvalue weighted by molar-refractivity contribution is -0.141. The zero-order valence-electron chi connectivity index (χ0n) is 15.1. The summed E-state index contributed by atoms with van der Waals surface area (Å²) >= 11 is 0. The van der Waals surface area contributed by atoms with Crippen LogP contribution in [0.15, 0.2) is 48.5 Å². The second-order valence-corrected chi connectivity index (χ2v) is 5.83. The van der Waals surface area contributed by atoms with Gasteiger partial charge in [-0.15, -0.1) is 0 Å². The Morgan fingerprint density at radius 1 is 0.962 bits per heavy atom. The first-order chi connectivity index (χ1) is 12.5. The van der Waals surface area contributed by atoms with E-state index < -0.39 is 5.97 Å². The number of ketones is 1. The van der Waals surface area contributed by atoms with Crippen LogP contribution in [0, 0.1) is 0 Å². The third-order valence-electron chi connectivity index (χ3n) is 4.06. The molecule has 26 heavy (non-hydrogen) atoms. The van der Waals surface area contributed by atoms with Crippen molar-refractivity contribution in [1.29, 1.82) is 0 Å². The van der Waals surface area contributed by atoms with Gasteiger partial charge in [0.1, 0.15) is 6.54 Å². The quantitative estimate of drug-likeness (QED) is 0.585. The summed E-state index contributed by atoms with van der Waals surface area (Å²) in [5.74, 6) is -1.25. The summed E-state index contributed by atoms with van der Waals surface area (Å²) in [6.45, 7) is 3.38. The van der Waals surface area contributed by atoms with E-state index in [4.69, 9.17) is 4.74 Å². The van der Waals surface area contributed by atoms with Gasteiger partial charge in [-0.25, -0.2) is 0 Å². The van der Waals surface area contributed by atoms with E-state index in [0.717, 1.165) is 24.0 Å². The van der Waals surface area contributed by atoms with Crippen LogP contribution in [-0.4, -0.2) is 30.8 Å². The highest BCUT2D eigenvalue weighted by Crippen LogP contribution is 2.14. The van der Waals surface area contributed by atoms with Gasteiger partial charge in [0.25, 0.3) is 5.91 Å². The van der Waals surface area contributed by atoms with Gasteiger partial charge in [-0.05, 0) is 42.2 Å². The van der Waals surface area contributed by atoms with Crippen molar-refractivity contribution in [1.82, 2.24) is 5.32 Å². The molecule has 2 aromatic rings. The number of ether oxygens (including phenoxy) is 1. The second-order valence-electron chi connectivity index (χ2n) is 5.83. The molecule has 2 aromatic carbocycles. The van der Waals surface area contributed by atoms with E-state index >= 15 is 0 Å². The van der Waals surface area contributed by atoms with E-state index in [1.165, 1.54) is 0 Å². The van der Waals surface area contributed by atoms with Crippen LogP contribution in [0.5, 0.6) is 0 Å². The molecule has 0 aliphatic carbocycles. The van der Waals surface area contributed by atoms with E-state index in [1.807, 2.05) is 32.0 Å². The highest BCUT2D eigenvalue weighted by Gasteiger charge is 2.15. The van der Waals surface area contributed by atoms with Crippen LogP contribution in [0.3, 0.4) is 0 Å². The van der Waals surface area contributed by atoms with Crippen molar-refractivity contribution in [3.05, 3.63) is 70.8 Å². The van der Waals surface area contributed by atoms with Gasteiger partial charge in [0.2, 0.25) is 5.78 Å². The van der Waals surface area contributed by atoms with Gasteiger partial charge < -0.3 is 10.1 Å². The molecule has 0 saturated heterocycles. The number of nitrogens with one attached hydrogen (secondary N) is 1. The van der Waals surface area contributed by atoms with Crippen molar-refractivity contribution in [3.63, 3.8) is 0 Å². The van der Waals surface area contributed by atoms with Crippen molar-refractivity contribution < 1.29 is 19.1 Å². The van der Waals surface area contributed by atoms with Gasteiger partial charge in [0.15, 0.2) is 6.61 Å². The molecule has 0 aromatic heterocycles. The van der Waals surface area contributed by atoms with Gasteiger partial charge >= 0.3 is 5.97 Å². The third kappa shape index (κ3) is 5.28. The first kappa shape index (κ1) is 19.4. The van der Waals surface area contributed by atoms with Gasteiger partial charge in [0, 0.05) is 11.1 Å². The molecule has 0 radical (unpaired) electrons. The fourth-order valence-corrected chi connectivity index (χ4v) is 2.53. The number of esters is 1. The molecule has 0 heterocycles. The fourth-order valence-electron chi connectivity index (χ4n) is 2.53. The average Bonchev–Trinajstić information content (AvgIpc) is 2.70. The van der Waals surface area contributed by atoms with E-state index in [-0.39, 0.29) is 24.8 Å². The summed E-state index contributed by atoms with van der Waals surface area (Å²) in [6, 6.07) is 14.4. The molecule has 2 rings (SSSR count). The van der Waals surface area contributed by atoms with Crippen LogP contribution in [0.2, 0.25) is 0 Å². The van der Waals surface area contributed by atoms with Crippen LogP contribution in [0.1, 0.15) is 45.7 Å². The minimum Gasteiger partial charge on any atom is -0.456 e. The molecule has 5 nitrogen and oxygen atoms in total. The third-order valence-corrected chi connectivity index (χ3v) is 4.06. The van der Waals surface area contributed by atoms with E-state index in [9.17, 15) is 14.4 Å². The summed E-state index contributed by atoms with van der Waals surface area (Å²) in [5, 5.41) is 2.48. The van der Waals surface area contributed by atoms with Crippen LogP contribution in [0.4, 0.5) is 0 Å². The molecule has 1 N–H and O–H groups in total. The van der Waals surface area contributed by atoms with Gasteiger partial charge in [-0.3, -0.25) is 14.4 Å². The summed E-state index contributed by atoms with van der Waals surface area (Å²) in [4.78, 5) is 36.1. The molecule has 0 saturated carbocycles. The van der Waals surface area contributed by atoms with E-state index in [2.05, 4.69) is 5.32 Å². The molecule has 136 valence electrons. The molecule has 0 aliphatic rings.